The van der Waals surface area contributed by atoms with E-state index in [2.05, 4.69) is 4.42 Å². The summed E-state index contributed by atoms with van der Waals surface area (Å²) >= 11 is 0. The maximum absolute atomic E-state index is 11.8. The molecule has 0 bridgehead atoms. The highest BCUT2D eigenvalue weighted by atomic mass is 19.4. The lowest BCUT2D eigenvalue weighted by molar-refractivity contribution is -0.138. The molecule has 1 heterocycles. The molecule has 1 rings (SSSR count). The van der Waals surface area contributed by atoms with Crippen molar-refractivity contribution >= 4 is 6.29 Å². The molecule has 0 spiro atoms. The van der Waals surface area contributed by atoms with Crippen molar-refractivity contribution in [2.75, 3.05) is 0 Å². The van der Waals surface area contributed by atoms with Crippen molar-refractivity contribution in [3.8, 4) is 0 Å². The number of aldehydes is 1. The molecule has 1 aromatic rings. The highest BCUT2D eigenvalue weighted by Crippen LogP contribution is 2.31. The van der Waals surface area contributed by atoms with Crippen molar-refractivity contribution < 1.29 is 22.4 Å². The van der Waals surface area contributed by atoms with Crippen molar-refractivity contribution in [1.82, 2.24) is 0 Å². The van der Waals surface area contributed by atoms with Gasteiger partial charge in [-0.05, 0) is 6.07 Å². The third kappa shape index (κ3) is 1.42. The Hall–Kier alpha value is -1.26. The van der Waals surface area contributed by atoms with Crippen LogP contribution in [0.4, 0.5) is 13.2 Å². The lowest BCUT2D eigenvalue weighted by atomic mass is 10.2. The summed E-state index contributed by atoms with van der Waals surface area (Å²) in [6, 6.07) is 0.712. The van der Waals surface area contributed by atoms with Crippen LogP contribution in [0.1, 0.15) is 16.1 Å². The van der Waals surface area contributed by atoms with Gasteiger partial charge in [-0.25, -0.2) is 0 Å². The standard InChI is InChI=1S/C6H3F3O2/c7-6(8,9)4-1-2-11-5(4)3-10/h1-3H. The van der Waals surface area contributed by atoms with E-state index in [4.69, 9.17) is 0 Å². The van der Waals surface area contributed by atoms with Crippen LogP contribution in [0.5, 0.6) is 0 Å². The van der Waals surface area contributed by atoms with Gasteiger partial charge < -0.3 is 4.42 Å². The Morgan fingerprint density at radius 2 is 2.09 bits per heavy atom. The van der Waals surface area contributed by atoms with Gasteiger partial charge in [-0.3, -0.25) is 4.79 Å². The van der Waals surface area contributed by atoms with E-state index < -0.39 is 17.5 Å². The number of hydrogen-bond acceptors (Lipinski definition) is 2. The van der Waals surface area contributed by atoms with Gasteiger partial charge in [0.25, 0.3) is 0 Å². The first-order valence-electron chi connectivity index (χ1n) is 2.65. The number of rotatable bonds is 1. The first kappa shape index (κ1) is 7.84. The van der Waals surface area contributed by atoms with Gasteiger partial charge in [-0.15, -0.1) is 0 Å². The zero-order valence-electron chi connectivity index (χ0n) is 5.18. The molecule has 0 unspecified atom stereocenters. The monoisotopic (exact) mass is 164 g/mol. The van der Waals surface area contributed by atoms with Crippen molar-refractivity contribution in [2.24, 2.45) is 0 Å². The maximum Gasteiger partial charge on any atom is 0.420 e. The van der Waals surface area contributed by atoms with E-state index in [1.165, 1.54) is 0 Å². The second-order valence-corrected chi connectivity index (χ2v) is 1.81. The average molecular weight is 164 g/mol. The smallest absolute Gasteiger partial charge is 0.420 e. The first-order chi connectivity index (χ1) is 5.05. The summed E-state index contributed by atoms with van der Waals surface area (Å²) in [5, 5.41) is 0. The zero-order valence-corrected chi connectivity index (χ0v) is 5.18. The van der Waals surface area contributed by atoms with Gasteiger partial charge in [0.15, 0.2) is 12.0 Å². The van der Waals surface area contributed by atoms with Crippen LogP contribution in [0.3, 0.4) is 0 Å². The molecule has 0 fully saturated rings. The summed E-state index contributed by atoms with van der Waals surface area (Å²) in [5.74, 6) is -0.683. The fourth-order valence-corrected chi connectivity index (χ4v) is 0.646. The minimum absolute atomic E-state index is 0.0306. The molecule has 0 aromatic carbocycles. The van der Waals surface area contributed by atoms with Crippen LogP contribution in [0, 0.1) is 0 Å². The number of alkyl halides is 3. The minimum atomic E-state index is -4.51. The number of halogens is 3. The highest BCUT2D eigenvalue weighted by molar-refractivity contribution is 5.73. The van der Waals surface area contributed by atoms with E-state index in [1.54, 1.807) is 0 Å². The summed E-state index contributed by atoms with van der Waals surface area (Å²) < 4.78 is 39.8. The van der Waals surface area contributed by atoms with Crippen LogP contribution < -0.4 is 0 Å². The van der Waals surface area contributed by atoms with Gasteiger partial charge in [0.1, 0.15) is 5.56 Å². The Kier molecular flexibility index (Phi) is 1.72. The van der Waals surface area contributed by atoms with E-state index >= 15 is 0 Å². The fraction of sp³-hybridized carbons (Fsp3) is 0.167. The third-order valence-corrected chi connectivity index (χ3v) is 1.11. The van der Waals surface area contributed by atoms with E-state index in [0.29, 0.717) is 6.07 Å². The van der Waals surface area contributed by atoms with Gasteiger partial charge in [-0.1, -0.05) is 0 Å². The molecule has 0 saturated heterocycles. The normalized spacial score (nSPS) is 11.5. The number of hydrogen-bond donors (Lipinski definition) is 0. The van der Waals surface area contributed by atoms with Crippen molar-refractivity contribution in [2.45, 2.75) is 6.18 Å². The second kappa shape index (κ2) is 2.41. The van der Waals surface area contributed by atoms with Crippen LogP contribution >= 0.6 is 0 Å². The van der Waals surface area contributed by atoms with Gasteiger partial charge in [0.05, 0.1) is 6.26 Å². The molecule has 0 aliphatic rings. The first-order valence-corrected chi connectivity index (χ1v) is 2.65. The van der Waals surface area contributed by atoms with Crippen LogP contribution in [0.25, 0.3) is 0 Å². The van der Waals surface area contributed by atoms with Gasteiger partial charge in [0.2, 0.25) is 0 Å². The number of furan rings is 1. The molecule has 11 heavy (non-hydrogen) atoms. The summed E-state index contributed by atoms with van der Waals surface area (Å²) in [6.07, 6.45) is -3.65. The van der Waals surface area contributed by atoms with Crippen LogP contribution in [-0.2, 0) is 6.18 Å². The van der Waals surface area contributed by atoms with Gasteiger partial charge in [0, 0.05) is 0 Å². The molecule has 1 aromatic heterocycles. The molecular formula is C6H3F3O2. The quantitative estimate of drug-likeness (QED) is 0.595. The van der Waals surface area contributed by atoms with Gasteiger partial charge in [-0.2, -0.15) is 13.2 Å². The topological polar surface area (TPSA) is 30.2 Å². The Morgan fingerprint density at radius 3 is 2.45 bits per heavy atom. The lowest BCUT2D eigenvalue weighted by Crippen LogP contribution is -2.05. The summed E-state index contributed by atoms with van der Waals surface area (Å²) in [4.78, 5) is 9.94. The summed E-state index contributed by atoms with van der Waals surface area (Å²) in [7, 11) is 0. The van der Waals surface area contributed by atoms with E-state index in [9.17, 15) is 18.0 Å². The van der Waals surface area contributed by atoms with Crippen LogP contribution in [0.2, 0.25) is 0 Å². The Labute approximate surface area is 59.6 Å². The molecule has 0 radical (unpaired) electrons. The summed E-state index contributed by atoms with van der Waals surface area (Å²) in [6.45, 7) is 0. The average Bonchev–Trinajstić information content (AvgIpc) is 2.31. The zero-order chi connectivity index (χ0) is 8.48. The van der Waals surface area contributed by atoms with Crippen molar-refractivity contribution in [1.29, 1.82) is 0 Å². The summed E-state index contributed by atoms with van der Waals surface area (Å²) in [5.41, 5.74) is -1.03. The van der Waals surface area contributed by atoms with Crippen LogP contribution in [-0.4, -0.2) is 6.29 Å². The predicted molar refractivity (Wildman–Crippen MR) is 29.1 cm³/mol. The molecule has 0 atom stereocenters. The van der Waals surface area contributed by atoms with E-state index in [-0.39, 0.29) is 6.29 Å². The molecule has 0 saturated carbocycles. The highest BCUT2D eigenvalue weighted by Gasteiger charge is 2.35. The van der Waals surface area contributed by atoms with Crippen molar-refractivity contribution in [3.05, 3.63) is 23.7 Å². The molecule has 2 nitrogen and oxygen atoms in total. The number of carbonyl (C=O) groups excluding carboxylic acids is 1. The SMILES string of the molecule is O=Cc1occc1C(F)(F)F. The van der Waals surface area contributed by atoms with E-state index in [0.717, 1.165) is 6.26 Å². The van der Waals surface area contributed by atoms with Gasteiger partial charge >= 0.3 is 6.18 Å². The second-order valence-electron chi connectivity index (χ2n) is 1.81. The molecule has 5 heteroatoms. The van der Waals surface area contributed by atoms with Crippen molar-refractivity contribution in [3.63, 3.8) is 0 Å². The minimum Gasteiger partial charge on any atom is -0.461 e. The fourth-order valence-electron chi connectivity index (χ4n) is 0.646. The molecule has 0 aliphatic heterocycles. The lowest BCUT2D eigenvalue weighted by Gasteiger charge is -2.01. The molecule has 0 amide bonds. The van der Waals surface area contributed by atoms with E-state index in [1.807, 2.05) is 0 Å². The molecule has 0 N–H and O–H groups in total. The molecule has 0 aliphatic carbocycles. The largest absolute Gasteiger partial charge is 0.461 e. The third-order valence-electron chi connectivity index (χ3n) is 1.11. The molecule has 60 valence electrons. The number of carbonyl (C=O) groups is 1. The maximum atomic E-state index is 11.8. The Balaban J connectivity index is 3.12. The Morgan fingerprint density at radius 1 is 1.45 bits per heavy atom. The molecular weight excluding hydrogens is 161 g/mol. The Bertz CT molecular complexity index is 261. The van der Waals surface area contributed by atoms with Crippen LogP contribution in [0.15, 0.2) is 16.7 Å². The predicted octanol–water partition coefficient (Wildman–Crippen LogP) is 2.11.